The second-order valence-corrected chi connectivity index (χ2v) is 5.09. The standard InChI is InChI=1S/C15H19N3O3/c1-3-11(5-4-7-17-20)13-10(2)9-16-14-12(13)6-8-18(21)15(14)19/h3,9,21H,4-8H2,1-2H3/b11-3-. The predicted octanol–water partition coefficient (Wildman–Crippen LogP) is 2.73. The van der Waals surface area contributed by atoms with Crippen LogP contribution in [-0.4, -0.2) is 34.3 Å². The molecule has 0 aromatic carbocycles. The average Bonchev–Trinajstić information content (AvgIpc) is 2.48. The fourth-order valence-corrected chi connectivity index (χ4v) is 2.72. The molecular weight excluding hydrogens is 270 g/mol. The lowest BCUT2D eigenvalue weighted by Crippen LogP contribution is -2.36. The van der Waals surface area contributed by atoms with Crippen molar-refractivity contribution < 1.29 is 10.0 Å². The second-order valence-electron chi connectivity index (χ2n) is 5.09. The molecule has 1 aromatic rings. The Balaban J connectivity index is 2.43. The highest BCUT2D eigenvalue weighted by Gasteiger charge is 2.28. The van der Waals surface area contributed by atoms with E-state index in [1.165, 1.54) is 0 Å². The molecule has 0 bridgehead atoms. The Bertz CT molecular complexity index is 596. The number of hydroxylamine groups is 2. The fraction of sp³-hybridized carbons (Fsp3) is 0.467. The van der Waals surface area contributed by atoms with Crippen LogP contribution in [0.1, 0.15) is 46.9 Å². The molecule has 0 aliphatic carbocycles. The summed E-state index contributed by atoms with van der Waals surface area (Å²) in [6, 6.07) is 0. The van der Waals surface area contributed by atoms with Gasteiger partial charge in [-0.05, 0) is 55.4 Å². The lowest BCUT2D eigenvalue weighted by molar-refractivity contribution is -0.0607. The second kappa shape index (κ2) is 6.58. The number of amides is 1. The first-order valence-corrected chi connectivity index (χ1v) is 7.04. The van der Waals surface area contributed by atoms with Crippen molar-refractivity contribution in [2.45, 2.75) is 33.1 Å². The van der Waals surface area contributed by atoms with Gasteiger partial charge in [0.05, 0.1) is 13.1 Å². The number of pyridine rings is 1. The number of carbonyl (C=O) groups excluding carboxylic acids is 1. The first-order valence-electron chi connectivity index (χ1n) is 7.04. The molecule has 0 radical (unpaired) electrons. The van der Waals surface area contributed by atoms with E-state index in [1.807, 2.05) is 19.9 Å². The van der Waals surface area contributed by atoms with E-state index in [1.54, 1.807) is 6.20 Å². The number of rotatable bonds is 5. The Morgan fingerprint density at radius 2 is 2.33 bits per heavy atom. The number of carbonyl (C=O) groups is 1. The Labute approximate surface area is 123 Å². The molecule has 2 heterocycles. The van der Waals surface area contributed by atoms with E-state index in [-0.39, 0.29) is 13.1 Å². The SMILES string of the molecule is C/C=C(/CCCN=O)c1c(C)cnc2c1CCN(O)C2=O. The van der Waals surface area contributed by atoms with E-state index in [9.17, 15) is 14.9 Å². The van der Waals surface area contributed by atoms with Gasteiger partial charge in [0.25, 0.3) is 5.91 Å². The van der Waals surface area contributed by atoms with Crippen LogP contribution in [0.3, 0.4) is 0 Å². The lowest BCUT2D eigenvalue weighted by atomic mass is 9.89. The molecule has 1 aliphatic rings. The minimum Gasteiger partial charge on any atom is -0.286 e. The topological polar surface area (TPSA) is 82.9 Å². The highest BCUT2D eigenvalue weighted by Crippen LogP contribution is 2.31. The van der Waals surface area contributed by atoms with Crippen molar-refractivity contribution in [2.75, 3.05) is 13.1 Å². The summed E-state index contributed by atoms with van der Waals surface area (Å²) in [5.74, 6) is -0.456. The van der Waals surface area contributed by atoms with Crippen LogP contribution in [0.25, 0.3) is 5.57 Å². The van der Waals surface area contributed by atoms with E-state index < -0.39 is 5.91 Å². The maximum atomic E-state index is 12.0. The third-order valence-electron chi connectivity index (χ3n) is 3.74. The molecular formula is C15H19N3O3. The molecule has 1 aromatic heterocycles. The number of aryl methyl sites for hydroxylation is 1. The number of nitroso groups, excluding NO2 is 1. The fourth-order valence-electron chi connectivity index (χ4n) is 2.72. The molecule has 1 N–H and O–H groups in total. The van der Waals surface area contributed by atoms with Crippen molar-refractivity contribution in [1.82, 2.24) is 10.0 Å². The number of fused-ring (bicyclic) bond motifs is 1. The number of allylic oxidation sites excluding steroid dienone is 2. The van der Waals surface area contributed by atoms with Crippen molar-refractivity contribution in [3.05, 3.63) is 39.6 Å². The van der Waals surface area contributed by atoms with Gasteiger partial charge in [0.2, 0.25) is 0 Å². The third kappa shape index (κ3) is 3.00. The van der Waals surface area contributed by atoms with Gasteiger partial charge in [-0.15, -0.1) is 0 Å². The Hall–Kier alpha value is -2.08. The van der Waals surface area contributed by atoms with Gasteiger partial charge in [-0.3, -0.25) is 15.0 Å². The molecule has 0 fully saturated rings. The Kier molecular flexibility index (Phi) is 4.80. The number of nitrogens with zero attached hydrogens (tertiary/aromatic N) is 3. The van der Waals surface area contributed by atoms with Gasteiger partial charge in [0.15, 0.2) is 0 Å². The monoisotopic (exact) mass is 289 g/mol. The Morgan fingerprint density at radius 1 is 1.57 bits per heavy atom. The molecule has 112 valence electrons. The maximum absolute atomic E-state index is 12.0. The third-order valence-corrected chi connectivity index (χ3v) is 3.74. The minimum atomic E-state index is -0.456. The van der Waals surface area contributed by atoms with Crippen molar-refractivity contribution in [2.24, 2.45) is 5.18 Å². The van der Waals surface area contributed by atoms with Crippen LogP contribution in [0.4, 0.5) is 0 Å². The zero-order valence-corrected chi connectivity index (χ0v) is 12.3. The van der Waals surface area contributed by atoms with Crippen LogP contribution in [-0.2, 0) is 6.42 Å². The molecule has 0 unspecified atom stereocenters. The highest BCUT2D eigenvalue weighted by atomic mass is 16.5. The summed E-state index contributed by atoms with van der Waals surface area (Å²) in [6.07, 6.45) is 5.65. The Morgan fingerprint density at radius 3 is 3.00 bits per heavy atom. The molecule has 6 nitrogen and oxygen atoms in total. The summed E-state index contributed by atoms with van der Waals surface area (Å²) in [5, 5.41) is 13.1. The first kappa shape index (κ1) is 15.3. The molecule has 21 heavy (non-hydrogen) atoms. The molecule has 2 rings (SSSR count). The van der Waals surface area contributed by atoms with Crippen LogP contribution < -0.4 is 0 Å². The van der Waals surface area contributed by atoms with E-state index >= 15 is 0 Å². The largest absolute Gasteiger partial charge is 0.296 e. The van der Waals surface area contributed by atoms with E-state index in [0.29, 0.717) is 23.6 Å². The van der Waals surface area contributed by atoms with E-state index in [2.05, 4.69) is 10.2 Å². The summed E-state index contributed by atoms with van der Waals surface area (Å²) in [4.78, 5) is 26.4. The highest BCUT2D eigenvalue weighted by molar-refractivity contribution is 5.95. The zero-order valence-electron chi connectivity index (χ0n) is 12.3. The van der Waals surface area contributed by atoms with Crippen LogP contribution in [0.5, 0.6) is 0 Å². The van der Waals surface area contributed by atoms with Gasteiger partial charge in [0, 0.05) is 6.20 Å². The smallest absolute Gasteiger partial charge is 0.286 e. The number of hydrogen-bond acceptors (Lipinski definition) is 5. The molecule has 1 aliphatic heterocycles. The van der Waals surface area contributed by atoms with Gasteiger partial charge in [-0.1, -0.05) is 11.3 Å². The van der Waals surface area contributed by atoms with Crippen LogP contribution in [0, 0.1) is 11.8 Å². The van der Waals surface area contributed by atoms with Gasteiger partial charge >= 0.3 is 0 Å². The summed E-state index contributed by atoms with van der Waals surface area (Å²) in [6.45, 7) is 4.46. The first-order chi connectivity index (χ1) is 10.1. The number of aromatic nitrogens is 1. The van der Waals surface area contributed by atoms with Gasteiger partial charge in [0.1, 0.15) is 5.69 Å². The summed E-state index contributed by atoms with van der Waals surface area (Å²) >= 11 is 0. The van der Waals surface area contributed by atoms with Crippen LogP contribution in [0.15, 0.2) is 17.4 Å². The van der Waals surface area contributed by atoms with Crippen molar-refractivity contribution in [3.63, 3.8) is 0 Å². The molecule has 1 amide bonds. The molecule has 0 atom stereocenters. The van der Waals surface area contributed by atoms with Crippen LogP contribution in [0.2, 0.25) is 0 Å². The van der Waals surface area contributed by atoms with Crippen LogP contribution >= 0.6 is 0 Å². The van der Waals surface area contributed by atoms with Crippen molar-refractivity contribution >= 4 is 11.5 Å². The zero-order chi connectivity index (χ0) is 15.4. The summed E-state index contributed by atoms with van der Waals surface area (Å²) in [7, 11) is 0. The van der Waals surface area contributed by atoms with E-state index in [4.69, 9.17) is 0 Å². The van der Waals surface area contributed by atoms with E-state index in [0.717, 1.165) is 28.7 Å². The van der Waals surface area contributed by atoms with Gasteiger partial charge in [-0.25, -0.2) is 5.06 Å². The lowest BCUT2D eigenvalue weighted by Gasteiger charge is -2.25. The van der Waals surface area contributed by atoms with Gasteiger partial charge < -0.3 is 0 Å². The molecule has 0 spiro atoms. The molecule has 6 heteroatoms. The minimum absolute atomic E-state index is 0.275. The molecule has 0 saturated heterocycles. The van der Waals surface area contributed by atoms with Crippen molar-refractivity contribution in [1.29, 1.82) is 0 Å². The quantitative estimate of drug-likeness (QED) is 0.513. The molecule has 0 saturated carbocycles. The number of hydrogen-bond donors (Lipinski definition) is 1. The predicted molar refractivity (Wildman–Crippen MR) is 79.0 cm³/mol. The normalized spacial score (nSPS) is 15.1. The average molecular weight is 289 g/mol. The van der Waals surface area contributed by atoms with Crippen molar-refractivity contribution in [3.8, 4) is 0 Å². The van der Waals surface area contributed by atoms with Gasteiger partial charge in [-0.2, -0.15) is 4.91 Å². The summed E-state index contributed by atoms with van der Waals surface area (Å²) < 4.78 is 0. The maximum Gasteiger partial charge on any atom is 0.296 e. The summed E-state index contributed by atoms with van der Waals surface area (Å²) in [5.41, 5.74) is 4.32.